The van der Waals surface area contributed by atoms with Gasteiger partial charge in [-0.05, 0) is 67.0 Å². The van der Waals surface area contributed by atoms with Crippen LogP contribution >= 0.6 is 0 Å². The molecule has 1 aliphatic rings. The first-order valence-electron chi connectivity index (χ1n) is 10.8. The zero-order valence-corrected chi connectivity index (χ0v) is 19.8. The lowest BCUT2D eigenvalue weighted by atomic mass is 9.96. The second kappa shape index (κ2) is 12.6. The summed E-state index contributed by atoms with van der Waals surface area (Å²) in [5.74, 6) is 2.15. The molecule has 2 aromatic rings. The van der Waals surface area contributed by atoms with Crippen LogP contribution in [0.1, 0.15) is 30.4 Å². The predicted molar refractivity (Wildman–Crippen MR) is 129 cm³/mol. The first-order valence-corrected chi connectivity index (χ1v) is 10.8. The monoisotopic (exact) mass is 458 g/mol. The van der Waals surface area contributed by atoms with Crippen LogP contribution in [0.15, 0.2) is 41.0 Å². The highest BCUT2D eigenvalue weighted by molar-refractivity contribution is 5.82. The molecule has 5 N–H and O–H groups in total. The predicted octanol–water partition coefficient (Wildman–Crippen LogP) is 2.75. The fourth-order valence-electron chi connectivity index (χ4n) is 3.81. The van der Waals surface area contributed by atoms with Crippen LogP contribution in [0.2, 0.25) is 0 Å². The van der Waals surface area contributed by atoms with Gasteiger partial charge in [0.05, 0.1) is 28.4 Å². The summed E-state index contributed by atoms with van der Waals surface area (Å²) in [6.07, 6.45) is 5.35. The lowest BCUT2D eigenvalue weighted by molar-refractivity contribution is 0.288. The van der Waals surface area contributed by atoms with E-state index in [0.717, 1.165) is 41.5 Å². The van der Waals surface area contributed by atoms with Gasteiger partial charge in [0, 0.05) is 24.1 Å². The maximum Gasteiger partial charge on any atom is 0.220 e. The van der Waals surface area contributed by atoms with Gasteiger partial charge in [0.2, 0.25) is 11.2 Å². The molecule has 3 rings (SSSR count). The van der Waals surface area contributed by atoms with E-state index in [1.165, 1.54) is 13.3 Å². The highest BCUT2D eigenvalue weighted by Crippen LogP contribution is 2.48. The van der Waals surface area contributed by atoms with Crippen LogP contribution in [0.3, 0.4) is 0 Å². The molecule has 1 aliphatic carbocycles. The number of benzene rings is 1. The number of hydrogen-bond donors (Lipinski definition) is 3. The Hall–Kier alpha value is -3.39. The molecule has 0 atom stereocenters. The summed E-state index contributed by atoms with van der Waals surface area (Å²) in [4.78, 5) is 12.3. The number of aliphatic hydroxyl groups excluding tert-OH is 1. The molecule has 8 nitrogen and oxygen atoms in total. The molecule has 33 heavy (non-hydrogen) atoms. The van der Waals surface area contributed by atoms with E-state index in [-0.39, 0.29) is 12.0 Å². The molecule has 0 saturated carbocycles. The molecule has 0 heterocycles. The Kier molecular flexibility index (Phi) is 9.87. The van der Waals surface area contributed by atoms with Gasteiger partial charge in [-0.1, -0.05) is 6.07 Å². The van der Waals surface area contributed by atoms with Crippen molar-refractivity contribution in [2.24, 2.45) is 11.5 Å². The normalized spacial score (nSPS) is 12.3. The number of hydrogen-bond acceptors (Lipinski definition) is 8. The SMILES string of the molecule is COc1cc2c(c(OC)c1OC)-c1ccc(OC)c(=O)cc1CCC2.N/C=C(\N)CCCO. The quantitative estimate of drug-likeness (QED) is 0.578. The number of methoxy groups -OCH3 is 4. The molecule has 0 amide bonds. The molecule has 2 aromatic carbocycles. The maximum atomic E-state index is 12.3. The molecule has 8 heteroatoms. The molecule has 0 aliphatic heterocycles. The Morgan fingerprint density at radius 1 is 0.970 bits per heavy atom. The Bertz CT molecular complexity index is 1040. The summed E-state index contributed by atoms with van der Waals surface area (Å²) < 4.78 is 21.9. The number of allylic oxidation sites excluding steroid dienone is 1. The van der Waals surface area contributed by atoms with Crippen LogP contribution in [0.4, 0.5) is 0 Å². The van der Waals surface area contributed by atoms with E-state index in [2.05, 4.69) is 0 Å². The van der Waals surface area contributed by atoms with E-state index in [1.54, 1.807) is 33.5 Å². The van der Waals surface area contributed by atoms with Gasteiger partial charge in [-0.25, -0.2) is 0 Å². The zero-order chi connectivity index (χ0) is 24.4. The van der Waals surface area contributed by atoms with E-state index >= 15 is 0 Å². The summed E-state index contributed by atoms with van der Waals surface area (Å²) in [6, 6.07) is 7.30. The molecule has 0 aromatic heterocycles. The van der Waals surface area contributed by atoms with E-state index < -0.39 is 0 Å². The van der Waals surface area contributed by atoms with Crippen LogP contribution < -0.4 is 35.8 Å². The number of aliphatic hydroxyl groups is 1. The largest absolute Gasteiger partial charge is 0.493 e. The van der Waals surface area contributed by atoms with E-state index in [0.29, 0.717) is 41.5 Å². The summed E-state index contributed by atoms with van der Waals surface area (Å²) in [5.41, 5.74) is 14.9. The van der Waals surface area contributed by atoms with Crippen LogP contribution in [0.25, 0.3) is 11.1 Å². The smallest absolute Gasteiger partial charge is 0.220 e. The Labute approximate surface area is 194 Å². The van der Waals surface area contributed by atoms with E-state index in [9.17, 15) is 4.79 Å². The van der Waals surface area contributed by atoms with Crippen molar-refractivity contribution in [2.75, 3.05) is 35.0 Å². The van der Waals surface area contributed by atoms with E-state index in [1.807, 2.05) is 12.1 Å². The van der Waals surface area contributed by atoms with Gasteiger partial charge >= 0.3 is 0 Å². The van der Waals surface area contributed by atoms with Crippen molar-refractivity contribution in [1.82, 2.24) is 0 Å². The lowest BCUT2D eigenvalue weighted by Gasteiger charge is -2.19. The van der Waals surface area contributed by atoms with Gasteiger partial charge in [0.25, 0.3) is 0 Å². The van der Waals surface area contributed by atoms with Crippen LogP contribution in [0.5, 0.6) is 23.0 Å². The average Bonchev–Trinajstić information content (AvgIpc) is 3.10. The molecular formula is C25H34N2O6. The first-order chi connectivity index (χ1) is 15.9. The highest BCUT2D eigenvalue weighted by atomic mass is 16.5. The number of ether oxygens (including phenoxy) is 4. The first kappa shape index (κ1) is 25.9. The topological polar surface area (TPSA) is 126 Å². The fourth-order valence-corrected chi connectivity index (χ4v) is 3.81. The Morgan fingerprint density at radius 3 is 2.21 bits per heavy atom. The van der Waals surface area contributed by atoms with Crippen molar-refractivity contribution in [3.05, 3.63) is 57.5 Å². The van der Waals surface area contributed by atoms with Crippen molar-refractivity contribution < 1.29 is 24.1 Å². The Morgan fingerprint density at radius 2 is 1.64 bits per heavy atom. The van der Waals surface area contributed by atoms with E-state index in [4.69, 9.17) is 35.5 Å². The van der Waals surface area contributed by atoms with Gasteiger partial charge in [0.15, 0.2) is 17.2 Å². The minimum Gasteiger partial charge on any atom is -0.493 e. The van der Waals surface area contributed by atoms with Crippen molar-refractivity contribution in [2.45, 2.75) is 32.1 Å². The maximum absolute atomic E-state index is 12.3. The number of aryl methyl sites for hydroxylation is 2. The van der Waals surface area contributed by atoms with Crippen molar-refractivity contribution in [1.29, 1.82) is 0 Å². The zero-order valence-electron chi connectivity index (χ0n) is 19.8. The van der Waals surface area contributed by atoms with Gasteiger partial charge in [-0.15, -0.1) is 0 Å². The fraction of sp³-hybridized carbons (Fsp3) is 0.400. The summed E-state index contributed by atoms with van der Waals surface area (Å²) in [7, 11) is 6.33. The van der Waals surface area contributed by atoms with Gasteiger partial charge in [-0.2, -0.15) is 0 Å². The minimum absolute atomic E-state index is 0.119. The third kappa shape index (κ3) is 6.10. The highest BCUT2D eigenvalue weighted by Gasteiger charge is 2.25. The second-order valence-electron chi connectivity index (χ2n) is 7.45. The van der Waals surface area contributed by atoms with Crippen LogP contribution in [-0.4, -0.2) is 40.2 Å². The molecular weight excluding hydrogens is 424 g/mol. The van der Waals surface area contributed by atoms with Gasteiger partial charge < -0.3 is 35.5 Å². The third-order valence-corrected chi connectivity index (χ3v) is 5.43. The molecule has 0 unspecified atom stereocenters. The van der Waals surface area contributed by atoms with Crippen molar-refractivity contribution in [3.63, 3.8) is 0 Å². The molecule has 0 radical (unpaired) electrons. The van der Waals surface area contributed by atoms with Crippen LogP contribution in [-0.2, 0) is 12.8 Å². The third-order valence-electron chi connectivity index (χ3n) is 5.43. The number of rotatable bonds is 7. The van der Waals surface area contributed by atoms with Gasteiger partial charge in [0.1, 0.15) is 0 Å². The second-order valence-corrected chi connectivity index (χ2v) is 7.45. The summed E-state index contributed by atoms with van der Waals surface area (Å²) in [5, 5.41) is 8.29. The molecule has 0 saturated heterocycles. The van der Waals surface area contributed by atoms with Crippen molar-refractivity contribution >= 4 is 0 Å². The lowest BCUT2D eigenvalue weighted by Crippen LogP contribution is -2.01. The number of nitrogens with two attached hydrogens (primary N) is 2. The summed E-state index contributed by atoms with van der Waals surface area (Å²) >= 11 is 0. The molecule has 0 bridgehead atoms. The van der Waals surface area contributed by atoms with Gasteiger partial charge in [-0.3, -0.25) is 4.79 Å². The molecule has 180 valence electrons. The standard InChI is InChI=1S/C20H22O5.C5H12N2O/c1-22-16-9-8-14-12(10-15(16)21)6-5-7-13-11-17(23-2)19(24-3)20(25-4)18(13)14;6-4-5(7)2-1-3-8/h8-11H,5-7H2,1-4H3;4,8H,1-3,6-7H2/b;5-4-. The van der Waals surface area contributed by atoms with Crippen molar-refractivity contribution in [3.8, 4) is 34.1 Å². The summed E-state index contributed by atoms with van der Waals surface area (Å²) in [6.45, 7) is 0.175. The Balaban J connectivity index is 0.000000414. The molecule has 0 fully saturated rings. The average molecular weight is 459 g/mol. The number of fused-ring (bicyclic) bond motifs is 3. The molecule has 0 spiro atoms. The minimum atomic E-state index is -0.119. The van der Waals surface area contributed by atoms with Crippen LogP contribution in [0, 0.1) is 0 Å².